The number of hydrogen-bond acceptors (Lipinski definition) is 2. The van der Waals surface area contributed by atoms with E-state index in [4.69, 9.17) is 0 Å². The Hall–Kier alpha value is -0.470. The topological polar surface area (TPSA) is 12.0 Å². The fourth-order valence-electron chi connectivity index (χ4n) is 1.64. The first-order valence-corrected chi connectivity index (χ1v) is 7.31. The highest BCUT2D eigenvalue weighted by molar-refractivity contribution is 7.99. The van der Waals surface area contributed by atoms with E-state index in [-0.39, 0.29) is 0 Å². The first-order valence-electron chi connectivity index (χ1n) is 6.02. The Bertz CT molecular complexity index is 273. The van der Waals surface area contributed by atoms with Crippen molar-refractivity contribution in [3.63, 3.8) is 0 Å². The Labute approximate surface area is 104 Å². The van der Waals surface area contributed by atoms with Crippen molar-refractivity contribution < 1.29 is 0 Å². The summed E-state index contributed by atoms with van der Waals surface area (Å²) in [6.07, 6.45) is 3.43. The molecule has 0 saturated carbocycles. The zero-order valence-electron chi connectivity index (χ0n) is 10.6. The molecule has 1 aromatic carbocycles. The van der Waals surface area contributed by atoms with Crippen LogP contribution >= 0.6 is 11.8 Å². The summed E-state index contributed by atoms with van der Waals surface area (Å²) in [6, 6.07) is 10.7. The van der Waals surface area contributed by atoms with Crippen LogP contribution in [-0.4, -0.2) is 24.6 Å². The second-order valence-electron chi connectivity index (χ2n) is 4.35. The van der Waals surface area contributed by atoms with Crippen LogP contribution in [0.15, 0.2) is 30.3 Å². The van der Waals surface area contributed by atoms with E-state index in [9.17, 15) is 0 Å². The first kappa shape index (κ1) is 13.6. The second-order valence-corrected chi connectivity index (χ2v) is 5.63. The van der Waals surface area contributed by atoms with E-state index in [0.29, 0.717) is 5.92 Å². The van der Waals surface area contributed by atoms with Crippen molar-refractivity contribution >= 4 is 11.8 Å². The third-order valence-corrected chi connectivity index (χ3v) is 3.99. The van der Waals surface area contributed by atoms with Crippen LogP contribution in [0.1, 0.15) is 31.7 Å². The number of benzene rings is 1. The van der Waals surface area contributed by atoms with Crippen LogP contribution in [-0.2, 0) is 0 Å². The maximum absolute atomic E-state index is 3.54. The van der Waals surface area contributed by atoms with Crippen molar-refractivity contribution in [2.45, 2.75) is 31.4 Å². The zero-order valence-corrected chi connectivity index (χ0v) is 11.4. The minimum absolute atomic E-state index is 0.603. The maximum Gasteiger partial charge on any atom is 0.00280 e. The van der Waals surface area contributed by atoms with Gasteiger partial charge in [-0.2, -0.15) is 11.8 Å². The van der Waals surface area contributed by atoms with E-state index >= 15 is 0 Å². The average Bonchev–Trinajstić information content (AvgIpc) is 2.35. The van der Waals surface area contributed by atoms with E-state index < -0.39 is 0 Å². The van der Waals surface area contributed by atoms with Crippen molar-refractivity contribution in [2.75, 3.05) is 19.3 Å². The summed E-state index contributed by atoms with van der Waals surface area (Å²) in [6.45, 7) is 6.76. The Balaban J connectivity index is 2.18. The number of thioether (sulfide) groups is 1. The minimum Gasteiger partial charge on any atom is -0.316 e. The number of rotatable bonds is 7. The van der Waals surface area contributed by atoms with Crippen molar-refractivity contribution in [1.82, 2.24) is 5.32 Å². The van der Waals surface area contributed by atoms with Crippen molar-refractivity contribution in [1.29, 1.82) is 0 Å². The van der Waals surface area contributed by atoms with Crippen LogP contribution in [0, 0.1) is 0 Å². The molecule has 0 radical (unpaired) electrons. The molecule has 16 heavy (non-hydrogen) atoms. The lowest BCUT2D eigenvalue weighted by Gasteiger charge is -2.14. The molecule has 0 aliphatic heterocycles. The Morgan fingerprint density at radius 3 is 2.50 bits per heavy atom. The predicted octanol–water partition coefficient (Wildman–Crippen LogP) is 3.52. The van der Waals surface area contributed by atoms with Crippen LogP contribution in [0.4, 0.5) is 0 Å². The SMILES string of the molecule is CSC(C)CCNCC(C)c1ccccc1. The highest BCUT2D eigenvalue weighted by Gasteiger charge is 2.04. The molecule has 0 fully saturated rings. The van der Waals surface area contributed by atoms with E-state index in [1.165, 1.54) is 12.0 Å². The normalized spacial score (nSPS) is 14.7. The summed E-state index contributed by atoms with van der Waals surface area (Å²) < 4.78 is 0. The molecule has 1 aromatic rings. The average molecular weight is 237 g/mol. The molecule has 90 valence electrons. The van der Waals surface area contributed by atoms with Gasteiger partial charge in [0.15, 0.2) is 0 Å². The Morgan fingerprint density at radius 1 is 1.19 bits per heavy atom. The summed E-state index contributed by atoms with van der Waals surface area (Å²) >= 11 is 1.94. The van der Waals surface area contributed by atoms with Gasteiger partial charge in [0.1, 0.15) is 0 Å². The smallest absolute Gasteiger partial charge is 0.00280 e. The lowest BCUT2D eigenvalue weighted by molar-refractivity contribution is 0.595. The molecule has 0 spiro atoms. The highest BCUT2D eigenvalue weighted by atomic mass is 32.2. The number of nitrogens with one attached hydrogen (secondary N) is 1. The van der Waals surface area contributed by atoms with Crippen LogP contribution in [0.5, 0.6) is 0 Å². The first-order chi connectivity index (χ1) is 7.74. The molecule has 0 aliphatic rings. The molecule has 1 N–H and O–H groups in total. The third-order valence-electron chi connectivity index (χ3n) is 2.95. The largest absolute Gasteiger partial charge is 0.316 e. The second kappa shape index (κ2) is 7.75. The predicted molar refractivity (Wildman–Crippen MR) is 75.3 cm³/mol. The van der Waals surface area contributed by atoms with Gasteiger partial charge in [-0.3, -0.25) is 0 Å². The fourth-order valence-corrected chi connectivity index (χ4v) is 1.99. The van der Waals surface area contributed by atoms with Crippen molar-refractivity contribution in [3.8, 4) is 0 Å². The van der Waals surface area contributed by atoms with Gasteiger partial charge in [-0.1, -0.05) is 44.2 Å². The molecule has 0 amide bonds. The van der Waals surface area contributed by atoms with Crippen LogP contribution in [0.25, 0.3) is 0 Å². The van der Waals surface area contributed by atoms with E-state index in [2.05, 4.69) is 55.8 Å². The van der Waals surface area contributed by atoms with E-state index in [1.54, 1.807) is 0 Å². The van der Waals surface area contributed by atoms with Gasteiger partial charge in [0.05, 0.1) is 0 Å². The lowest BCUT2D eigenvalue weighted by atomic mass is 10.0. The molecule has 2 heteroatoms. The molecule has 2 unspecified atom stereocenters. The van der Waals surface area contributed by atoms with Gasteiger partial charge in [0.2, 0.25) is 0 Å². The van der Waals surface area contributed by atoms with Crippen LogP contribution < -0.4 is 5.32 Å². The number of hydrogen-bond donors (Lipinski definition) is 1. The highest BCUT2D eigenvalue weighted by Crippen LogP contribution is 2.13. The van der Waals surface area contributed by atoms with Gasteiger partial charge in [-0.15, -0.1) is 0 Å². The van der Waals surface area contributed by atoms with Gasteiger partial charge in [0.25, 0.3) is 0 Å². The third kappa shape index (κ3) is 5.04. The zero-order chi connectivity index (χ0) is 11.8. The van der Waals surface area contributed by atoms with Gasteiger partial charge in [-0.05, 0) is 30.7 Å². The minimum atomic E-state index is 0.603. The maximum atomic E-state index is 3.54. The van der Waals surface area contributed by atoms with Crippen LogP contribution in [0.2, 0.25) is 0 Å². The summed E-state index contributed by atoms with van der Waals surface area (Å²) in [5.41, 5.74) is 1.42. The van der Waals surface area contributed by atoms with Gasteiger partial charge >= 0.3 is 0 Å². The van der Waals surface area contributed by atoms with Crippen LogP contribution in [0.3, 0.4) is 0 Å². The molecule has 1 rings (SSSR count). The standard InChI is InChI=1S/C14H23NS/c1-12(14-7-5-4-6-8-14)11-15-10-9-13(2)16-3/h4-8,12-13,15H,9-11H2,1-3H3. The molecule has 0 bridgehead atoms. The molecule has 0 heterocycles. The van der Waals surface area contributed by atoms with E-state index in [0.717, 1.165) is 18.3 Å². The van der Waals surface area contributed by atoms with Gasteiger partial charge in [-0.25, -0.2) is 0 Å². The summed E-state index contributed by atoms with van der Waals surface area (Å²) in [7, 11) is 0. The van der Waals surface area contributed by atoms with Gasteiger partial charge < -0.3 is 5.32 Å². The van der Waals surface area contributed by atoms with Crippen molar-refractivity contribution in [2.24, 2.45) is 0 Å². The molecule has 0 saturated heterocycles. The van der Waals surface area contributed by atoms with E-state index in [1.807, 2.05) is 11.8 Å². The quantitative estimate of drug-likeness (QED) is 0.728. The summed E-state index contributed by atoms with van der Waals surface area (Å²) in [5.74, 6) is 0.603. The summed E-state index contributed by atoms with van der Waals surface area (Å²) in [5, 5.41) is 4.30. The van der Waals surface area contributed by atoms with Crippen molar-refractivity contribution in [3.05, 3.63) is 35.9 Å². The lowest BCUT2D eigenvalue weighted by Crippen LogP contribution is -2.23. The molecule has 1 nitrogen and oxygen atoms in total. The molecular weight excluding hydrogens is 214 g/mol. The molecular formula is C14H23NS. The Morgan fingerprint density at radius 2 is 1.88 bits per heavy atom. The molecule has 0 aromatic heterocycles. The molecule has 2 atom stereocenters. The van der Waals surface area contributed by atoms with Gasteiger partial charge in [0, 0.05) is 11.8 Å². The Kier molecular flexibility index (Phi) is 6.58. The summed E-state index contributed by atoms with van der Waals surface area (Å²) in [4.78, 5) is 0. The fraction of sp³-hybridized carbons (Fsp3) is 0.571. The monoisotopic (exact) mass is 237 g/mol. The molecule has 0 aliphatic carbocycles.